The van der Waals surface area contributed by atoms with E-state index in [1.165, 1.54) is 35.9 Å². The van der Waals surface area contributed by atoms with E-state index >= 15 is 0 Å². The van der Waals surface area contributed by atoms with Crippen LogP contribution in [0.2, 0.25) is 5.02 Å². The van der Waals surface area contributed by atoms with Crippen molar-refractivity contribution in [3.8, 4) is 0 Å². The molecule has 0 saturated heterocycles. The summed E-state index contributed by atoms with van der Waals surface area (Å²) in [6.45, 7) is 0.694. The van der Waals surface area contributed by atoms with Crippen LogP contribution in [-0.4, -0.2) is 37.1 Å². The van der Waals surface area contributed by atoms with Crippen LogP contribution in [0.1, 0.15) is 42.5 Å². The summed E-state index contributed by atoms with van der Waals surface area (Å²) in [6.07, 6.45) is 7.80. The van der Waals surface area contributed by atoms with Crippen LogP contribution in [0.25, 0.3) is 0 Å². The number of rotatable bonds is 6. The molecule has 2 aromatic rings. The molecule has 0 spiro atoms. The molecule has 0 aliphatic heterocycles. The number of amides is 1. The maximum atomic E-state index is 12.9. The van der Waals surface area contributed by atoms with Crippen molar-refractivity contribution in [3.05, 3.63) is 53.2 Å². The number of halogens is 1. The maximum Gasteiger partial charge on any atom is 0.254 e. The molecule has 1 aromatic carbocycles. The lowest BCUT2D eigenvalue weighted by molar-refractivity contribution is -0.916. The van der Waals surface area contributed by atoms with E-state index in [1.807, 2.05) is 30.3 Å². The highest BCUT2D eigenvalue weighted by atomic mass is 35.5. The zero-order valence-electron chi connectivity index (χ0n) is 15.9. The number of hydrogen-bond acceptors (Lipinski definition) is 3. The highest BCUT2D eigenvalue weighted by Crippen LogP contribution is 2.33. The first-order valence-electron chi connectivity index (χ1n) is 9.48. The highest BCUT2D eigenvalue weighted by Gasteiger charge is 2.38. The lowest BCUT2D eigenvalue weighted by Crippen LogP contribution is -3.16. The molecule has 0 unspecified atom stereocenters. The first-order valence-corrected chi connectivity index (χ1v) is 10.7. The van der Waals surface area contributed by atoms with Crippen molar-refractivity contribution in [1.29, 1.82) is 0 Å². The lowest BCUT2D eigenvalue weighted by atomic mass is 9.80. The van der Waals surface area contributed by atoms with Crippen molar-refractivity contribution in [1.82, 2.24) is 10.3 Å². The van der Waals surface area contributed by atoms with E-state index in [0.29, 0.717) is 22.2 Å². The Kier molecular flexibility index (Phi) is 6.79. The SMILES string of the molecule is C[NH+](C)C1(CNC(=O)c2cccnc2Sc2ccccc2Cl)CCCCC1. The third-order valence-electron chi connectivity index (χ3n) is 5.52. The van der Waals surface area contributed by atoms with Crippen LogP contribution in [0.4, 0.5) is 0 Å². The van der Waals surface area contributed by atoms with Gasteiger partial charge in [-0.3, -0.25) is 4.79 Å². The molecule has 144 valence electrons. The van der Waals surface area contributed by atoms with Gasteiger partial charge in [-0.2, -0.15) is 0 Å². The minimum Gasteiger partial charge on any atom is -0.346 e. The summed E-state index contributed by atoms with van der Waals surface area (Å²) in [7, 11) is 4.39. The van der Waals surface area contributed by atoms with Crippen LogP contribution in [-0.2, 0) is 0 Å². The Morgan fingerprint density at radius 3 is 2.63 bits per heavy atom. The summed E-state index contributed by atoms with van der Waals surface area (Å²) in [5.74, 6) is -0.0659. The molecule has 6 heteroatoms. The Hall–Kier alpha value is -1.56. The number of likely N-dealkylation sites (N-methyl/N-ethyl adjacent to an activating group) is 1. The van der Waals surface area contributed by atoms with Crippen molar-refractivity contribution in [2.75, 3.05) is 20.6 Å². The summed E-state index contributed by atoms with van der Waals surface area (Å²) < 4.78 is 0. The largest absolute Gasteiger partial charge is 0.346 e. The molecule has 1 fully saturated rings. The van der Waals surface area contributed by atoms with E-state index in [0.717, 1.165) is 17.7 Å². The smallest absolute Gasteiger partial charge is 0.254 e. The topological polar surface area (TPSA) is 46.4 Å². The number of benzene rings is 1. The third-order valence-corrected chi connectivity index (χ3v) is 7.05. The first-order chi connectivity index (χ1) is 13.0. The van der Waals surface area contributed by atoms with Gasteiger partial charge in [-0.25, -0.2) is 4.98 Å². The molecule has 1 aromatic heterocycles. The summed E-state index contributed by atoms with van der Waals surface area (Å²) in [6, 6.07) is 11.3. The fourth-order valence-corrected chi connectivity index (χ4v) is 4.86. The second kappa shape index (κ2) is 9.09. The van der Waals surface area contributed by atoms with E-state index in [-0.39, 0.29) is 11.4 Å². The van der Waals surface area contributed by atoms with Crippen molar-refractivity contribution >= 4 is 29.3 Å². The van der Waals surface area contributed by atoms with Crippen molar-refractivity contribution in [2.24, 2.45) is 0 Å². The Bertz CT molecular complexity index is 791. The number of carbonyl (C=O) groups excluding carboxylic acids is 1. The minimum absolute atomic E-state index is 0.0659. The number of carbonyl (C=O) groups is 1. The van der Waals surface area contributed by atoms with Crippen LogP contribution >= 0.6 is 23.4 Å². The Morgan fingerprint density at radius 2 is 1.93 bits per heavy atom. The zero-order chi connectivity index (χ0) is 19.3. The Morgan fingerprint density at radius 1 is 1.19 bits per heavy atom. The van der Waals surface area contributed by atoms with Gasteiger partial charge in [0.1, 0.15) is 10.6 Å². The number of nitrogens with one attached hydrogen (secondary N) is 2. The molecule has 1 aliphatic carbocycles. The van der Waals surface area contributed by atoms with Gasteiger partial charge in [-0.15, -0.1) is 0 Å². The number of nitrogens with zero attached hydrogens (tertiary/aromatic N) is 1. The second-order valence-corrected chi connectivity index (χ2v) is 8.85. The Balaban J connectivity index is 1.74. The van der Waals surface area contributed by atoms with Gasteiger partial charge in [0, 0.05) is 23.9 Å². The predicted octanol–water partition coefficient (Wildman–Crippen LogP) is 3.46. The molecular formula is C21H27ClN3OS+. The van der Waals surface area contributed by atoms with Crippen LogP contribution in [0.15, 0.2) is 52.5 Å². The first kappa shape index (κ1) is 20.2. The molecule has 0 radical (unpaired) electrons. The van der Waals surface area contributed by atoms with E-state index < -0.39 is 0 Å². The highest BCUT2D eigenvalue weighted by molar-refractivity contribution is 7.99. The average molecular weight is 405 g/mol. The normalized spacial score (nSPS) is 16.3. The van der Waals surface area contributed by atoms with Crippen LogP contribution in [0.5, 0.6) is 0 Å². The molecule has 0 atom stereocenters. The number of pyridine rings is 1. The molecule has 0 bridgehead atoms. The maximum absolute atomic E-state index is 12.9. The zero-order valence-corrected chi connectivity index (χ0v) is 17.5. The molecule has 1 heterocycles. The lowest BCUT2D eigenvalue weighted by Gasteiger charge is -2.39. The van der Waals surface area contributed by atoms with Gasteiger partial charge in [-0.1, -0.05) is 41.9 Å². The fourth-order valence-electron chi connectivity index (χ4n) is 3.70. The standard InChI is InChI=1S/C21H26ClN3OS/c1-25(2)21(12-6-3-7-13-21)15-24-19(26)16-9-8-14-23-20(16)27-18-11-5-4-10-17(18)22/h4-5,8-11,14H,3,6-7,12-13,15H2,1-2H3,(H,24,26)/p+1. The predicted molar refractivity (Wildman–Crippen MR) is 111 cm³/mol. The summed E-state index contributed by atoms with van der Waals surface area (Å²) >= 11 is 7.70. The van der Waals surface area contributed by atoms with Gasteiger partial charge in [0.25, 0.3) is 5.91 Å². The molecule has 1 saturated carbocycles. The quantitative estimate of drug-likeness (QED) is 0.775. The third kappa shape index (κ3) is 4.84. The Labute approximate surface area is 170 Å². The van der Waals surface area contributed by atoms with Crippen LogP contribution in [0, 0.1) is 0 Å². The number of aromatic nitrogens is 1. The van der Waals surface area contributed by atoms with Gasteiger partial charge in [0.2, 0.25) is 0 Å². The summed E-state index contributed by atoms with van der Waals surface area (Å²) in [5.41, 5.74) is 0.730. The van der Waals surface area contributed by atoms with Gasteiger partial charge in [-0.05, 0) is 37.1 Å². The summed E-state index contributed by atoms with van der Waals surface area (Å²) in [5, 5.41) is 4.53. The van der Waals surface area contributed by atoms with Gasteiger partial charge < -0.3 is 10.2 Å². The molecular weight excluding hydrogens is 378 g/mol. The van der Waals surface area contributed by atoms with Crippen LogP contribution in [0.3, 0.4) is 0 Å². The number of hydrogen-bond donors (Lipinski definition) is 2. The second-order valence-electron chi connectivity index (χ2n) is 7.41. The van der Waals surface area contributed by atoms with Gasteiger partial charge in [0.05, 0.1) is 31.2 Å². The molecule has 2 N–H and O–H groups in total. The van der Waals surface area contributed by atoms with E-state index in [1.54, 1.807) is 12.3 Å². The minimum atomic E-state index is -0.0659. The van der Waals surface area contributed by atoms with Gasteiger partial charge in [0.15, 0.2) is 0 Å². The van der Waals surface area contributed by atoms with E-state index in [4.69, 9.17) is 11.6 Å². The van der Waals surface area contributed by atoms with Crippen molar-refractivity contribution in [2.45, 2.75) is 47.6 Å². The fraction of sp³-hybridized carbons (Fsp3) is 0.429. The average Bonchev–Trinajstić information content (AvgIpc) is 2.69. The molecule has 1 amide bonds. The van der Waals surface area contributed by atoms with E-state index in [9.17, 15) is 4.79 Å². The molecule has 27 heavy (non-hydrogen) atoms. The molecule has 4 nitrogen and oxygen atoms in total. The van der Waals surface area contributed by atoms with Crippen LogP contribution < -0.4 is 10.2 Å². The number of quaternary nitrogens is 1. The monoisotopic (exact) mass is 404 g/mol. The van der Waals surface area contributed by atoms with Gasteiger partial charge >= 0.3 is 0 Å². The van der Waals surface area contributed by atoms with E-state index in [2.05, 4.69) is 24.4 Å². The molecule has 1 aliphatic rings. The van der Waals surface area contributed by atoms with Crippen molar-refractivity contribution in [3.63, 3.8) is 0 Å². The van der Waals surface area contributed by atoms with Crippen molar-refractivity contribution < 1.29 is 9.69 Å². The molecule has 3 rings (SSSR count). The summed E-state index contributed by atoms with van der Waals surface area (Å²) in [4.78, 5) is 19.7.